The molecule has 0 aliphatic rings. The standard InChI is InChI=1S/C35H34ClN3O3S/c1-3-6-32-38-33-22(2)17-26(34(40)37-28(21-43)18-23-11-15-27(36)16-12-23)19-31(33)39(32)20-24-9-13-25(14-10-24)29-7-4-5-8-30(29)35(41)42/h4-5,7-17,19,28,43H,3,6,18,20-21H2,1-2H3,(H,37,40)(H,41,42). The summed E-state index contributed by atoms with van der Waals surface area (Å²) in [7, 11) is 0. The minimum absolute atomic E-state index is 0.140. The number of aromatic carboxylic acids is 1. The largest absolute Gasteiger partial charge is 0.478 e. The molecule has 43 heavy (non-hydrogen) atoms. The van der Waals surface area contributed by atoms with Crippen LogP contribution in [0.1, 0.15) is 56.6 Å². The van der Waals surface area contributed by atoms with E-state index in [1.54, 1.807) is 12.1 Å². The Kier molecular flexibility index (Phi) is 9.53. The van der Waals surface area contributed by atoms with Crippen molar-refractivity contribution in [2.45, 2.75) is 45.7 Å². The van der Waals surface area contributed by atoms with E-state index in [-0.39, 0.29) is 17.5 Å². The summed E-state index contributed by atoms with van der Waals surface area (Å²) in [5.41, 5.74) is 7.26. The molecule has 5 aromatic rings. The van der Waals surface area contributed by atoms with Gasteiger partial charge in [0.05, 0.1) is 16.6 Å². The summed E-state index contributed by atoms with van der Waals surface area (Å²) < 4.78 is 2.19. The van der Waals surface area contributed by atoms with Gasteiger partial charge in [-0.25, -0.2) is 9.78 Å². The highest BCUT2D eigenvalue weighted by Crippen LogP contribution is 2.27. The number of aryl methyl sites for hydroxylation is 2. The molecule has 1 atom stereocenters. The fourth-order valence-electron chi connectivity index (χ4n) is 5.39. The Morgan fingerprint density at radius 1 is 1.00 bits per heavy atom. The van der Waals surface area contributed by atoms with Crippen LogP contribution >= 0.6 is 24.2 Å². The summed E-state index contributed by atoms with van der Waals surface area (Å²) in [5, 5.41) is 13.4. The molecule has 1 heterocycles. The molecular weight excluding hydrogens is 578 g/mol. The zero-order valence-corrected chi connectivity index (χ0v) is 25.8. The number of carboxylic acid groups (broad SMARTS) is 1. The van der Waals surface area contributed by atoms with E-state index in [1.807, 2.05) is 79.7 Å². The topological polar surface area (TPSA) is 84.2 Å². The molecule has 220 valence electrons. The molecule has 0 saturated carbocycles. The van der Waals surface area contributed by atoms with Crippen LogP contribution in [0.25, 0.3) is 22.2 Å². The van der Waals surface area contributed by atoms with Crippen molar-refractivity contribution in [3.63, 3.8) is 0 Å². The van der Waals surface area contributed by atoms with Crippen molar-refractivity contribution >= 4 is 47.1 Å². The van der Waals surface area contributed by atoms with Gasteiger partial charge in [0.15, 0.2) is 0 Å². The number of halogens is 1. The molecule has 6 nitrogen and oxygen atoms in total. The highest BCUT2D eigenvalue weighted by molar-refractivity contribution is 7.80. The first kappa shape index (κ1) is 30.4. The number of hydrogen-bond acceptors (Lipinski definition) is 4. The summed E-state index contributed by atoms with van der Waals surface area (Å²) in [6.07, 6.45) is 2.40. The van der Waals surface area contributed by atoms with Crippen molar-refractivity contribution in [3.8, 4) is 11.1 Å². The number of carbonyl (C=O) groups excluding carboxylic acids is 1. The maximum absolute atomic E-state index is 13.5. The number of amides is 1. The molecule has 1 amide bonds. The Morgan fingerprint density at radius 2 is 1.70 bits per heavy atom. The number of aromatic nitrogens is 2. The van der Waals surface area contributed by atoms with Gasteiger partial charge >= 0.3 is 5.97 Å². The van der Waals surface area contributed by atoms with Gasteiger partial charge < -0.3 is 15.0 Å². The van der Waals surface area contributed by atoms with Crippen molar-refractivity contribution in [2.24, 2.45) is 0 Å². The Balaban J connectivity index is 1.43. The minimum atomic E-state index is -0.949. The van der Waals surface area contributed by atoms with Crippen molar-refractivity contribution in [1.82, 2.24) is 14.9 Å². The molecule has 0 aliphatic carbocycles. The number of nitrogens with one attached hydrogen (secondary N) is 1. The number of imidazole rings is 1. The van der Waals surface area contributed by atoms with Crippen molar-refractivity contribution < 1.29 is 14.7 Å². The van der Waals surface area contributed by atoms with E-state index in [4.69, 9.17) is 16.6 Å². The van der Waals surface area contributed by atoms with Crippen LogP contribution in [-0.4, -0.2) is 38.3 Å². The lowest BCUT2D eigenvalue weighted by atomic mass is 9.98. The number of nitrogens with zero attached hydrogens (tertiary/aromatic N) is 2. The number of thiol groups is 1. The number of benzene rings is 4. The molecule has 0 saturated heterocycles. The SMILES string of the molecule is CCCc1nc2c(C)cc(C(=O)NC(CS)Cc3ccc(Cl)cc3)cc2n1Cc1ccc(-c2ccccc2C(=O)O)cc1. The van der Waals surface area contributed by atoms with Crippen molar-refractivity contribution in [1.29, 1.82) is 0 Å². The van der Waals surface area contributed by atoms with E-state index < -0.39 is 5.97 Å². The van der Waals surface area contributed by atoms with Crippen LogP contribution in [0.4, 0.5) is 0 Å². The molecule has 4 aromatic carbocycles. The molecule has 0 spiro atoms. The predicted molar refractivity (Wildman–Crippen MR) is 177 cm³/mol. The molecule has 2 N–H and O–H groups in total. The summed E-state index contributed by atoms with van der Waals surface area (Å²) in [6, 6.07) is 26.3. The molecule has 0 radical (unpaired) electrons. The second-order valence-corrected chi connectivity index (χ2v) is 11.6. The Labute approximate surface area is 262 Å². The van der Waals surface area contributed by atoms with E-state index in [0.29, 0.717) is 34.9 Å². The van der Waals surface area contributed by atoms with E-state index in [2.05, 4.69) is 29.4 Å². The summed E-state index contributed by atoms with van der Waals surface area (Å²) >= 11 is 10.5. The maximum Gasteiger partial charge on any atom is 0.336 e. The van der Waals surface area contributed by atoms with E-state index in [0.717, 1.165) is 52.0 Å². The number of hydrogen-bond donors (Lipinski definition) is 3. The van der Waals surface area contributed by atoms with Gasteiger partial charge in [0, 0.05) is 35.3 Å². The van der Waals surface area contributed by atoms with Crippen LogP contribution in [0.3, 0.4) is 0 Å². The third kappa shape index (κ3) is 6.95. The first-order valence-electron chi connectivity index (χ1n) is 14.3. The number of carboxylic acids is 1. The van der Waals surface area contributed by atoms with Crippen molar-refractivity contribution in [3.05, 3.63) is 124 Å². The molecule has 1 unspecified atom stereocenters. The van der Waals surface area contributed by atoms with Crippen LogP contribution in [0.15, 0.2) is 84.9 Å². The molecule has 5 rings (SSSR count). The highest BCUT2D eigenvalue weighted by atomic mass is 35.5. The Hall–Kier alpha value is -4.07. The van der Waals surface area contributed by atoms with Gasteiger partial charge in [-0.2, -0.15) is 12.6 Å². The molecule has 0 bridgehead atoms. The third-order valence-corrected chi connectivity index (χ3v) is 8.27. The lowest BCUT2D eigenvalue weighted by Gasteiger charge is -2.17. The van der Waals surface area contributed by atoms with Gasteiger partial charge in [0.25, 0.3) is 5.91 Å². The van der Waals surface area contributed by atoms with Crippen LogP contribution in [0.2, 0.25) is 5.02 Å². The van der Waals surface area contributed by atoms with E-state index in [9.17, 15) is 14.7 Å². The molecule has 0 aliphatic heterocycles. The van der Waals surface area contributed by atoms with Crippen LogP contribution in [0, 0.1) is 6.92 Å². The van der Waals surface area contributed by atoms with Gasteiger partial charge in [-0.3, -0.25) is 4.79 Å². The van der Waals surface area contributed by atoms with Gasteiger partial charge in [-0.1, -0.05) is 73.1 Å². The number of carbonyl (C=O) groups is 2. The highest BCUT2D eigenvalue weighted by Gasteiger charge is 2.19. The van der Waals surface area contributed by atoms with Gasteiger partial charge in [-0.05, 0) is 77.9 Å². The second-order valence-electron chi connectivity index (χ2n) is 10.8. The summed E-state index contributed by atoms with van der Waals surface area (Å²) in [5.74, 6) is 0.370. The molecular formula is C35H34ClN3O3S. The lowest BCUT2D eigenvalue weighted by molar-refractivity contribution is 0.0697. The fourth-order valence-corrected chi connectivity index (χ4v) is 5.74. The van der Waals surface area contributed by atoms with Crippen LogP contribution in [-0.2, 0) is 19.4 Å². The summed E-state index contributed by atoms with van der Waals surface area (Å²) in [4.78, 5) is 30.2. The predicted octanol–water partition coefficient (Wildman–Crippen LogP) is 7.64. The zero-order valence-electron chi connectivity index (χ0n) is 24.2. The zero-order chi connectivity index (χ0) is 30.5. The molecule has 8 heteroatoms. The van der Waals surface area contributed by atoms with Gasteiger partial charge in [0.2, 0.25) is 0 Å². The summed E-state index contributed by atoms with van der Waals surface area (Å²) in [6.45, 7) is 4.69. The van der Waals surface area contributed by atoms with Gasteiger partial charge in [-0.15, -0.1) is 0 Å². The van der Waals surface area contributed by atoms with Gasteiger partial charge in [0.1, 0.15) is 5.82 Å². The quantitative estimate of drug-likeness (QED) is 0.134. The first-order valence-corrected chi connectivity index (χ1v) is 15.4. The van der Waals surface area contributed by atoms with Crippen molar-refractivity contribution in [2.75, 3.05) is 5.75 Å². The first-order chi connectivity index (χ1) is 20.8. The smallest absolute Gasteiger partial charge is 0.336 e. The monoisotopic (exact) mass is 611 g/mol. The van der Waals surface area contributed by atoms with E-state index >= 15 is 0 Å². The maximum atomic E-state index is 13.5. The second kappa shape index (κ2) is 13.5. The fraction of sp³-hybridized carbons (Fsp3) is 0.229. The van der Waals surface area contributed by atoms with Crippen LogP contribution in [0.5, 0.6) is 0 Å². The third-order valence-electron chi connectivity index (χ3n) is 7.57. The molecule has 1 aromatic heterocycles. The molecule has 0 fully saturated rings. The lowest BCUT2D eigenvalue weighted by Crippen LogP contribution is -2.37. The average molecular weight is 612 g/mol. The average Bonchev–Trinajstić information content (AvgIpc) is 3.35. The van der Waals surface area contributed by atoms with E-state index in [1.165, 1.54) is 0 Å². The Bertz CT molecular complexity index is 1760. The number of rotatable bonds is 11. The Morgan fingerprint density at radius 3 is 2.37 bits per heavy atom. The van der Waals surface area contributed by atoms with Crippen LogP contribution < -0.4 is 5.32 Å². The number of fused-ring (bicyclic) bond motifs is 1. The minimum Gasteiger partial charge on any atom is -0.478 e. The normalized spacial score (nSPS) is 11.9.